The van der Waals surface area contributed by atoms with Crippen LogP contribution in [0.4, 0.5) is 11.4 Å². The topological polar surface area (TPSA) is 121 Å². The number of ether oxygens (including phenoxy) is 2. The van der Waals surface area contributed by atoms with Gasteiger partial charge in [-0.2, -0.15) is 0 Å². The molecule has 0 aliphatic carbocycles. The Hall–Kier alpha value is -4.38. The lowest BCUT2D eigenvalue weighted by molar-refractivity contribution is -0.384. The molecule has 176 valence electrons. The first kappa shape index (κ1) is 22.4. The minimum atomic E-state index is -0.443. The summed E-state index contributed by atoms with van der Waals surface area (Å²) >= 11 is 1.38. The van der Waals surface area contributed by atoms with E-state index in [1.807, 2.05) is 34.9 Å². The highest BCUT2D eigenvalue weighted by Gasteiger charge is 2.19. The lowest BCUT2D eigenvalue weighted by Crippen LogP contribution is -2.12. The Morgan fingerprint density at radius 1 is 1.03 bits per heavy atom. The van der Waals surface area contributed by atoms with Crippen LogP contribution in [-0.2, 0) is 4.79 Å². The van der Waals surface area contributed by atoms with Gasteiger partial charge in [-0.15, -0.1) is 10.2 Å². The second kappa shape index (κ2) is 9.85. The molecule has 0 unspecified atom stereocenters. The van der Waals surface area contributed by atoms with Crippen LogP contribution in [0.3, 0.4) is 0 Å². The van der Waals surface area contributed by atoms with Crippen molar-refractivity contribution in [2.45, 2.75) is 11.6 Å². The van der Waals surface area contributed by atoms with Crippen LogP contribution in [0.5, 0.6) is 11.5 Å². The van der Waals surface area contributed by atoms with Crippen LogP contribution in [0.2, 0.25) is 0 Å². The highest BCUT2D eigenvalue weighted by molar-refractivity contribution is 7.99. The van der Waals surface area contributed by atoms with Gasteiger partial charge in [-0.1, -0.05) is 42.1 Å². The van der Waals surface area contributed by atoms with Gasteiger partial charge < -0.3 is 14.8 Å². The van der Waals surface area contributed by atoms with Gasteiger partial charge in [-0.3, -0.25) is 19.5 Å². The van der Waals surface area contributed by atoms with Gasteiger partial charge in [0.05, 0.1) is 4.92 Å². The van der Waals surface area contributed by atoms with E-state index >= 15 is 0 Å². The van der Waals surface area contributed by atoms with Gasteiger partial charge in [-0.25, -0.2) is 0 Å². The number of amides is 1. The highest BCUT2D eigenvalue weighted by atomic mass is 32.2. The van der Waals surface area contributed by atoms with Gasteiger partial charge >= 0.3 is 0 Å². The minimum Gasteiger partial charge on any atom is -0.454 e. The molecule has 0 spiro atoms. The molecule has 3 aromatic carbocycles. The van der Waals surface area contributed by atoms with Gasteiger partial charge in [0.1, 0.15) is 0 Å². The number of carbonyl (C=O) groups excluding carboxylic acids is 1. The minimum absolute atomic E-state index is 0.0282. The zero-order chi connectivity index (χ0) is 24.2. The first-order valence-electron chi connectivity index (χ1n) is 10.7. The first-order valence-corrected chi connectivity index (χ1v) is 11.6. The van der Waals surface area contributed by atoms with Gasteiger partial charge in [-0.05, 0) is 24.3 Å². The van der Waals surface area contributed by atoms with Crippen molar-refractivity contribution in [1.82, 2.24) is 14.8 Å². The number of benzene rings is 3. The number of anilines is 1. The number of fused-ring (bicyclic) bond motifs is 1. The molecule has 1 aliphatic rings. The third kappa shape index (κ3) is 4.94. The SMILES string of the molecule is O=C(CCSc1nnc(-c2cccc([N+](=O)[O-])c2)n1-c1ccccc1)Nc1ccc2c(c1)OCO2. The number of nitro groups is 1. The largest absolute Gasteiger partial charge is 0.454 e. The molecule has 0 saturated heterocycles. The summed E-state index contributed by atoms with van der Waals surface area (Å²) in [5.41, 5.74) is 1.98. The zero-order valence-electron chi connectivity index (χ0n) is 18.3. The molecule has 10 nitrogen and oxygen atoms in total. The molecule has 4 aromatic rings. The molecule has 1 aromatic heterocycles. The molecular weight excluding hydrogens is 470 g/mol. The number of rotatable bonds is 8. The first-order chi connectivity index (χ1) is 17.1. The number of aromatic nitrogens is 3. The lowest BCUT2D eigenvalue weighted by Gasteiger charge is -2.10. The number of nitrogens with one attached hydrogen (secondary N) is 1. The monoisotopic (exact) mass is 489 g/mol. The molecule has 0 radical (unpaired) electrons. The van der Waals surface area contributed by atoms with Crippen molar-refractivity contribution in [3.8, 4) is 28.6 Å². The van der Waals surface area contributed by atoms with Crippen molar-refractivity contribution >= 4 is 29.0 Å². The molecule has 1 N–H and O–H groups in total. The molecule has 0 atom stereocenters. The molecule has 0 bridgehead atoms. The molecule has 11 heteroatoms. The second-order valence-electron chi connectivity index (χ2n) is 7.50. The predicted octanol–water partition coefficient (Wildman–Crippen LogP) is 4.69. The van der Waals surface area contributed by atoms with Crippen LogP contribution in [0.1, 0.15) is 6.42 Å². The summed E-state index contributed by atoms with van der Waals surface area (Å²) in [7, 11) is 0. The Morgan fingerprint density at radius 2 is 1.86 bits per heavy atom. The zero-order valence-corrected chi connectivity index (χ0v) is 19.1. The molecule has 2 heterocycles. The fraction of sp³-hybridized carbons (Fsp3) is 0.125. The summed E-state index contributed by atoms with van der Waals surface area (Å²) in [4.78, 5) is 23.3. The lowest BCUT2D eigenvalue weighted by atomic mass is 10.2. The maximum absolute atomic E-state index is 12.5. The summed E-state index contributed by atoms with van der Waals surface area (Å²) in [6.07, 6.45) is 0.243. The molecule has 35 heavy (non-hydrogen) atoms. The van der Waals surface area contributed by atoms with Gasteiger partial charge in [0.25, 0.3) is 5.69 Å². The fourth-order valence-corrected chi connectivity index (χ4v) is 4.44. The van der Waals surface area contributed by atoms with Gasteiger partial charge in [0, 0.05) is 47.3 Å². The van der Waals surface area contributed by atoms with Crippen molar-refractivity contribution in [1.29, 1.82) is 0 Å². The van der Waals surface area contributed by atoms with Gasteiger partial charge in [0.15, 0.2) is 22.5 Å². The van der Waals surface area contributed by atoms with E-state index in [-0.39, 0.29) is 24.8 Å². The number of nitro benzene ring substituents is 1. The maximum Gasteiger partial charge on any atom is 0.270 e. The van der Waals surface area contributed by atoms with Crippen molar-refractivity contribution in [3.63, 3.8) is 0 Å². The van der Waals surface area contributed by atoms with E-state index in [9.17, 15) is 14.9 Å². The molecule has 5 rings (SSSR count). The quantitative estimate of drug-likeness (QED) is 0.215. The summed E-state index contributed by atoms with van der Waals surface area (Å²) in [6.45, 7) is 0.170. The Morgan fingerprint density at radius 3 is 2.69 bits per heavy atom. The number of thioether (sulfide) groups is 1. The number of nitrogens with zero attached hydrogens (tertiary/aromatic N) is 4. The van der Waals surface area contributed by atoms with E-state index in [0.717, 1.165) is 5.69 Å². The normalized spacial score (nSPS) is 11.9. The number of hydrogen-bond donors (Lipinski definition) is 1. The fourth-order valence-electron chi connectivity index (χ4n) is 3.55. The molecule has 1 aliphatic heterocycles. The number of carbonyl (C=O) groups is 1. The summed E-state index contributed by atoms with van der Waals surface area (Å²) < 4.78 is 12.5. The number of para-hydroxylation sites is 1. The van der Waals surface area contributed by atoms with Crippen LogP contribution in [0.25, 0.3) is 17.1 Å². The van der Waals surface area contributed by atoms with Crippen LogP contribution in [0, 0.1) is 10.1 Å². The molecule has 0 fully saturated rings. The Balaban J connectivity index is 1.32. The maximum atomic E-state index is 12.5. The van der Waals surface area contributed by atoms with E-state index in [2.05, 4.69) is 15.5 Å². The Labute approximate surface area is 204 Å². The average molecular weight is 490 g/mol. The second-order valence-corrected chi connectivity index (χ2v) is 8.56. The highest BCUT2D eigenvalue weighted by Crippen LogP contribution is 2.34. The summed E-state index contributed by atoms with van der Waals surface area (Å²) in [5.74, 6) is 2.03. The van der Waals surface area contributed by atoms with Crippen molar-refractivity contribution in [3.05, 3.63) is 82.9 Å². The third-order valence-electron chi connectivity index (χ3n) is 5.18. The summed E-state index contributed by atoms with van der Waals surface area (Å²) in [6, 6.07) is 21.0. The Bertz CT molecular complexity index is 1390. The van der Waals surface area contributed by atoms with Gasteiger partial charge in [0.2, 0.25) is 12.7 Å². The number of non-ortho nitro benzene ring substituents is 1. The number of hydrogen-bond acceptors (Lipinski definition) is 8. The van der Waals surface area contributed by atoms with Crippen molar-refractivity contribution in [2.24, 2.45) is 0 Å². The van der Waals surface area contributed by atoms with E-state index in [4.69, 9.17) is 9.47 Å². The smallest absolute Gasteiger partial charge is 0.270 e. The van der Waals surface area contributed by atoms with Crippen LogP contribution in [-0.4, -0.2) is 38.1 Å². The molecule has 1 amide bonds. The van der Waals surface area contributed by atoms with Crippen LogP contribution in [0.15, 0.2) is 78.0 Å². The van der Waals surface area contributed by atoms with Crippen LogP contribution >= 0.6 is 11.8 Å². The average Bonchev–Trinajstić information content (AvgIpc) is 3.51. The van der Waals surface area contributed by atoms with Crippen molar-refractivity contribution in [2.75, 3.05) is 17.9 Å². The molecular formula is C24H19N5O5S. The Kier molecular flexibility index (Phi) is 6.31. The summed E-state index contributed by atoms with van der Waals surface area (Å²) in [5, 5.41) is 23.3. The van der Waals surface area contributed by atoms with E-state index in [0.29, 0.717) is 39.5 Å². The van der Waals surface area contributed by atoms with E-state index in [1.165, 1.54) is 23.9 Å². The predicted molar refractivity (Wildman–Crippen MR) is 130 cm³/mol. The van der Waals surface area contributed by atoms with Crippen molar-refractivity contribution < 1.29 is 19.2 Å². The standard InChI is InChI=1S/C24H19N5O5S/c30-22(25-17-9-10-20-21(14-17)34-15-33-20)11-12-35-24-27-26-23(28(24)18-6-2-1-3-7-18)16-5-4-8-19(13-16)29(31)32/h1-10,13-14H,11-12,15H2,(H,25,30). The van der Waals surface area contributed by atoms with Crippen LogP contribution < -0.4 is 14.8 Å². The van der Waals surface area contributed by atoms with E-state index in [1.54, 1.807) is 30.3 Å². The molecule has 0 saturated carbocycles. The third-order valence-corrected chi connectivity index (χ3v) is 6.11. The van der Waals surface area contributed by atoms with E-state index < -0.39 is 4.92 Å².